The molecule has 1 amide bonds. The SMILES string of the molecule is CN(CC(=O)Nc1ccc(F)cc1)C1CCCCC1O. The topological polar surface area (TPSA) is 52.6 Å². The minimum Gasteiger partial charge on any atom is -0.391 e. The molecule has 0 bridgehead atoms. The summed E-state index contributed by atoms with van der Waals surface area (Å²) in [4.78, 5) is 13.8. The van der Waals surface area contributed by atoms with Crippen LogP contribution in [0.25, 0.3) is 0 Å². The van der Waals surface area contributed by atoms with Crippen LogP contribution in [0.15, 0.2) is 24.3 Å². The molecule has 2 unspecified atom stereocenters. The number of likely N-dealkylation sites (N-methyl/N-ethyl adjacent to an activating group) is 1. The summed E-state index contributed by atoms with van der Waals surface area (Å²) in [6, 6.07) is 5.72. The van der Waals surface area contributed by atoms with Crippen LogP contribution in [-0.2, 0) is 4.79 Å². The summed E-state index contributed by atoms with van der Waals surface area (Å²) in [6.45, 7) is 0.221. The van der Waals surface area contributed by atoms with E-state index in [1.807, 2.05) is 11.9 Å². The fourth-order valence-electron chi connectivity index (χ4n) is 2.68. The summed E-state index contributed by atoms with van der Waals surface area (Å²) in [7, 11) is 1.85. The first kappa shape index (κ1) is 14.9. The number of nitrogens with zero attached hydrogens (tertiary/aromatic N) is 1. The van der Waals surface area contributed by atoms with Crippen molar-refractivity contribution in [2.24, 2.45) is 0 Å². The molecular formula is C15H21FN2O2. The van der Waals surface area contributed by atoms with Crippen molar-refractivity contribution in [2.75, 3.05) is 18.9 Å². The molecule has 4 nitrogen and oxygen atoms in total. The van der Waals surface area contributed by atoms with Gasteiger partial charge in [-0.05, 0) is 44.2 Å². The summed E-state index contributed by atoms with van der Waals surface area (Å²) in [5.41, 5.74) is 0.578. The molecule has 2 N–H and O–H groups in total. The van der Waals surface area contributed by atoms with Gasteiger partial charge in [-0.3, -0.25) is 9.69 Å². The first-order valence-electron chi connectivity index (χ1n) is 7.00. The van der Waals surface area contributed by atoms with Crippen LogP contribution in [0.3, 0.4) is 0 Å². The normalized spacial score (nSPS) is 22.8. The van der Waals surface area contributed by atoms with E-state index in [0.717, 1.165) is 25.7 Å². The molecule has 1 aromatic rings. The van der Waals surface area contributed by atoms with Gasteiger partial charge in [0.05, 0.1) is 12.6 Å². The molecule has 1 fully saturated rings. The predicted molar refractivity (Wildman–Crippen MR) is 75.9 cm³/mol. The zero-order valence-electron chi connectivity index (χ0n) is 11.7. The monoisotopic (exact) mass is 280 g/mol. The van der Waals surface area contributed by atoms with Gasteiger partial charge >= 0.3 is 0 Å². The van der Waals surface area contributed by atoms with E-state index in [-0.39, 0.29) is 30.4 Å². The highest BCUT2D eigenvalue weighted by Gasteiger charge is 2.27. The van der Waals surface area contributed by atoms with Gasteiger partial charge in [0, 0.05) is 11.7 Å². The first-order valence-corrected chi connectivity index (χ1v) is 7.00. The number of hydrogen-bond donors (Lipinski definition) is 2. The van der Waals surface area contributed by atoms with E-state index in [1.54, 1.807) is 0 Å². The Bertz CT molecular complexity index is 450. The Hall–Kier alpha value is -1.46. The van der Waals surface area contributed by atoms with Crippen molar-refractivity contribution < 1.29 is 14.3 Å². The molecule has 2 rings (SSSR count). The number of amides is 1. The van der Waals surface area contributed by atoms with E-state index in [9.17, 15) is 14.3 Å². The Morgan fingerprint density at radius 3 is 2.65 bits per heavy atom. The first-order chi connectivity index (χ1) is 9.56. The van der Waals surface area contributed by atoms with Crippen molar-refractivity contribution in [3.63, 3.8) is 0 Å². The third-order valence-electron chi connectivity index (χ3n) is 3.78. The van der Waals surface area contributed by atoms with Gasteiger partial charge in [-0.1, -0.05) is 12.8 Å². The van der Waals surface area contributed by atoms with E-state index in [1.165, 1.54) is 24.3 Å². The van der Waals surface area contributed by atoms with Gasteiger partial charge in [0.15, 0.2) is 0 Å². The smallest absolute Gasteiger partial charge is 0.238 e. The van der Waals surface area contributed by atoms with Crippen LogP contribution in [0, 0.1) is 5.82 Å². The average molecular weight is 280 g/mol. The van der Waals surface area contributed by atoms with E-state index in [2.05, 4.69) is 5.32 Å². The second-order valence-corrected chi connectivity index (χ2v) is 5.39. The molecule has 0 radical (unpaired) electrons. The summed E-state index contributed by atoms with van der Waals surface area (Å²) < 4.78 is 12.8. The number of carbonyl (C=O) groups is 1. The second kappa shape index (κ2) is 6.81. The molecule has 5 heteroatoms. The number of anilines is 1. The lowest BCUT2D eigenvalue weighted by Crippen LogP contribution is -2.46. The zero-order chi connectivity index (χ0) is 14.5. The second-order valence-electron chi connectivity index (χ2n) is 5.39. The molecule has 1 saturated carbocycles. The molecule has 0 spiro atoms. The fourth-order valence-corrected chi connectivity index (χ4v) is 2.68. The van der Waals surface area contributed by atoms with E-state index in [0.29, 0.717) is 5.69 Å². The van der Waals surface area contributed by atoms with Crippen LogP contribution in [-0.4, -0.2) is 41.7 Å². The molecular weight excluding hydrogens is 259 g/mol. The van der Waals surface area contributed by atoms with Crippen molar-refractivity contribution in [2.45, 2.75) is 37.8 Å². The van der Waals surface area contributed by atoms with Gasteiger partial charge in [0.1, 0.15) is 5.82 Å². The Morgan fingerprint density at radius 1 is 1.35 bits per heavy atom. The number of hydrogen-bond acceptors (Lipinski definition) is 3. The Kier molecular flexibility index (Phi) is 5.09. The standard InChI is InChI=1S/C15H21FN2O2/c1-18(13-4-2-3-5-14(13)19)10-15(20)17-12-8-6-11(16)7-9-12/h6-9,13-14,19H,2-5,10H2,1H3,(H,17,20). The molecule has 20 heavy (non-hydrogen) atoms. The van der Waals surface area contributed by atoms with Gasteiger partial charge in [0.25, 0.3) is 0 Å². The van der Waals surface area contributed by atoms with Crippen LogP contribution in [0.1, 0.15) is 25.7 Å². The zero-order valence-corrected chi connectivity index (χ0v) is 11.7. The van der Waals surface area contributed by atoms with Crippen LogP contribution >= 0.6 is 0 Å². The van der Waals surface area contributed by atoms with Gasteiger partial charge in [-0.15, -0.1) is 0 Å². The maximum atomic E-state index is 12.8. The summed E-state index contributed by atoms with van der Waals surface area (Å²) in [6.07, 6.45) is 3.50. The number of halogens is 1. The van der Waals surface area contributed by atoms with Gasteiger partial charge in [0.2, 0.25) is 5.91 Å². The van der Waals surface area contributed by atoms with Gasteiger partial charge < -0.3 is 10.4 Å². The third kappa shape index (κ3) is 4.02. The molecule has 1 aliphatic carbocycles. The van der Waals surface area contributed by atoms with Crippen molar-refractivity contribution in [3.8, 4) is 0 Å². The van der Waals surface area contributed by atoms with E-state index < -0.39 is 0 Å². The fraction of sp³-hybridized carbons (Fsp3) is 0.533. The van der Waals surface area contributed by atoms with E-state index in [4.69, 9.17) is 0 Å². The van der Waals surface area contributed by atoms with Crippen molar-refractivity contribution in [1.29, 1.82) is 0 Å². The number of rotatable bonds is 4. The van der Waals surface area contributed by atoms with Crippen LogP contribution in [0.5, 0.6) is 0 Å². The molecule has 1 aromatic carbocycles. The Balaban J connectivity index is 1.85. The molecule has 0 saturated heterocycles. The highest BCUT2D eigenvalue weighted by atomic mass is 19.1. The molecule has 0 aromatic heterocycles. The van der Waals surface area contributed by atoms with Crippen LogP contribution in [0.4, 0.5) is 10.1 Å². The molecule has 2 atom stereocenters. The predicted octanol–water partition coefficient (Wildman–Crippen LogP) is 2.00. The van der Waals surface area contributed by atoms with Crippen LogP contribution in [0.2, 0.25) is 0 Å². The largest absolute Gasteiger partial charge is 0.391 e. The summed E-state index contributed by atoms with van der Waals surface area (Å²) in [5, 5.41) is 12.7. The lowest BCUT2D eigenvalue weighted by molar-refractivity contribution is -0.118. The summed E-state index contributed by atoms with van der Waals surface area (Å²) >= 11 is 0. The van der Waals surface area contributed by atoms with Crippen molar-refractivity contribution >= 4 is 11.6 Å². The quantitative estimate of drug-likeness (QED) is 0.887. The van der Waals surface area contributed by atoms with Gasteiger partial charge in [-0.25, -0.2) is 4.39 Å². The minimum absolute atomic E-state index is 0.0442. The molecule has 0 heterocycles. The van der Waals surface area contributed by atoms with Crippen molar-refractivity contribution in [3.05, 3.63) is 30.1 Å². The van der Waals surface area contributed by atoms with Crippen LogP contribution < -0.4 is 5.32 Å². The minimum atomic E-state index is -0.354. The highest BCUT2D eigenvalue weighted by Crippen LogP contribution is 2.22. The number of nitrogens with one attached hydrogen (secondary N) is 1. The molecule has 0 aliphatic heterocycles. The number of carbonyl (C=O) groups excluding carboxylic acids is 1. The average Bonchev–Trinajstić information content (AvgIpc) is 2.41. The number of aliphatic hydroxyl groups is 1. The van der Waals surface area contributed by atoms with Crippen molar-refractivity contribution in [1.82, 2.24) is 4.90 Å². The molecule has 110 valence electrons. The number of benzene rings is 1. The lowest BCUT2D eigenvalue weighted by Gasteiger charge is -2.34. The Labute approximate surface area is 118 Å². The lowest BCUT2D eigenvalue weighted by atomic mass is 9.91. The highest BCUT2D eigenvalue weighted by molar-refractivity contribution is 5.92. The Morgan fingerprint density at radius 2 is 2.00 bits per heavy atom. The maximum absolute atomic E-state index is 12.8. The summed E-state index contributed by atoms with van der Waals surface area (Å²) in [5.74, 6) is -0.484. The van der Waals surface area contributed by atoms with Gasteiger partial charge in [-0.2, -0.15) is 0 Å². The third-order valence-corrected chi connectivity index (χ3v) is 3.78. The number of aliphatic hydroxyl groups excluding tert-OH is 1. The van der Waals surface area contributed by atoms with E-state index >= 15 is 0 Å². The maximum Gasteiger partial charge on any atom is 0.238 e. The molecule has 1 aliphatic rings.